The van der Waals surface area contributed by atoms with Gasteiger partial charge < -0.3 is 29.8 Å². The van der Waals surface area contributed by atoms with Gasteiger partial charge in [-0.05, 0) is 74.7 Å². The molecule has 2 amide bonds. The number of aryl methyl sites for hydroxylation is 1. The van der Waals surface area contributed by atoms with Crippen LogP contribution in [0.15, 0.2) is 30.3 Å². The molecule has 1 heterocycles. The Morgan fingerprint density at radius 1 is 1.17 bits per heavy atom. The minimum absolute atomic E-state index is 0.0129. The lowest BCUT2D eigenvalue weighted by Crippen LogP contribution is -2.65. The van der Waals surface area contributed by atoms with Gasteiger partial charge in [0.15, 0.2) is 0 Å². The molecule has 4 saturated carbocycles. The van der Waals surface area contributed by atoms with Gasteiger partial charge in [0.2, 0.25) is 5.91 Å². The zero-order valence-corrected chi connectivity index (χ0v) is 21.6. The van der Waals surface area contributed by atoms with E-state index in [0.29, 0.717) is 18.3 Å². The number of ether oxygens (including phenoxy) is 1. The zero-order valence-electron chi connectivity index (χ0n) is 21.6. The van der Waals surface area contributed by atoms with Crippen LogP contribution in [0.4, 0.5) is 4.79 Å². The molecule has 1 aliphatic heterocycles. The molecular weight excluding hydrogens is 459 g/mol. The summed E-state index contributed by atoms with van der Waals surface area (Å²) in [5, 5.41) is 14.7. The van der Waals surface area contributed by atoms with Gasteiger partial charge in [-0.2, -0.15) is 0 Å². The zero-order chi connectivity index (χ0) is 25.5. The fourth-order valence-corrected chi connectivity index (χ4v) is 6.60. The molecule has 6 rings (SSSR count). The highest BCUT2D eigenvalue weighted by Gasteiger charge is 2.68. The van der Waals surface area contributed by atoms with Gasteiger partial charge >= 0.3 is 13.2 Å². The first-order chi connectivity index (χ1) is 17.2. The van der Waals surface area contributed by atoms with Crippen molar-refractivity contribution in [2.75, 3.05) is 6.61 Å². The van der Waals surface area contributed by atoms with E-state index in [1.54, 1.807) is 0 Å². The summed E-state index contributed by atoms with van der Waals surface area (Å²) < 4.78 is 18.8. The smallest absolute Gasteiger partial charge is 0.465 e. The molecule has 8 nitrogen and oxygen atoms in total. The summed E-state index contributed by atoms with van der Waals surface area (Å²) in [5.41, 5.74) is 1.09. The first-order valence-electron chi connectivity index (χ1n) is 13.5. The molecule has 2 bridgehead atoms. The van der Waals surface area contributed by atoms with Gasteiger partial charge in [0.1, 0.15) is 6.04 Å². The number of nitrogens with one attached hydrogen (secondary N) is 2. The molecule has 1 aromatic carbocycles. The van der Waals surface area contributed by atoms with E-state index in [2.05, 4.69) is 43.5 Å². The summed E-state index contributed by atoms with van der Waals surface area (Å²) in [6.45, 7) is 6.83. The molecule has 2 unspecified atom stereocenters. The number of benzene rings is 1. The van der Waals surface area contributed by atoms with E-state index in [1.807, 2.05) is 18.2 Å². The Kier molecular flexibility index (Phi) is 7.09. The molecular formula is C27H39BN2O6. The predicted octanol–water partition coefficient (Wildman–Crippen LogP) is 3.58. The van der Waals surface area contributed by atoms with Crippen LogP contribution in [0.2, 0.25) is 0 Å². The molecule has 9 heteroatoms. The second kappa shape index (κ2) is 9.99. The molecule has 1 aromatic rings. The second-order valence-electron chi connectivity index (χ2n) is 11.9. The van der Waals surface area contributed by atoms with Crippen molar-refractivity contribution in [2.24, 2.45) is 17.3 Å². The van der Waals surface area contributed by atoms with Gasteiger partial charge in [-0.25, -0.2) is 4.79 Å². The Morgan fingerprint density at radius 3 is 2.58 bits per heavy atom. The Morgan fingerprint density at radius 2 is 1.92 bits per heavy atom. The second-order valence-corrected chi connectivity index (χ2v) is 11.9. The van der Waals surface area contributed by atoms with Crippen molar-refractivity contribution in [1.82, 2.24) is 10.6 Å². The van der Waals surface area contributed by atoms with Crippen LogP contribution in [0.5, 0.6) is 0 Å². The fraction of sp³-hybridized carbons (Fsp3) is 0.704. The van der Waals surface area contributed by atoms with E-state index >= 15 is 0 Å². The quantitative estimate of drug-likeness (QED) is 0.403. The summed E-state index contributed by atoms with van der Waals surface area (Å²) in [7, 11) is -0.565. The minimum Gasteiger partial charge on any atom is -0.465 e. The van der Waals surface area contributed by atoms with Crippen molar-refractivity contribution in [3.05, 3.63) is 35.9 Å². The van der Waals surface area contributed by atoms with Crippen molar-refractivity contribution in [3.8, 4) is 0 Å². The standard InChI is InChI=1S/C27H39BN2O6/c1-26(2)18-14-21(26)27(3)22(15-18)35-28(36-27)23(11-7-10-17-8-5-4-6-9-17)30-24(31)20(29-25(32)33)16-34-19-12-13-19/h4-6,8-9,18-23,29H,7,10-16H2,1-3H3,(H,30,31)(H,32,33)/t18-,20?,21-,22+,23?,27-/m0/s1. The van der Waals surface area contributed by atoms with Crippen LogP contribution in [-0.4, -0.2) is 60.6 Å². The van der Waals surface area contributed by atoms with Gasteiger partial charge in [0, 0.05) is 0 Å². The number of rotatable bonds is 11. The lowest BCUT2D eigenvalue weighted by Gasteiger charge is -2.64. The van der Waals surface area contributed by atoms with Gasteiger partial charge in [-0.1, -0.05) is 44.2 Å². The van der Waals surface area contributed by atoms with Gasteiger partial charge in [-0.3, -0.25) is 4.79 Å². The van der Waals surface area contributed by atoms with E-state index in [0.717, 1.165) is 38.5 Å². The van der Waals surface area contributed by atoms with E-state index in [-0.39, 0.29) is 35.8 Å². The van der Waals surface area contributed by atoms with Crippen molar-refractivity contribution in [3.63, 3.8) is 0 Å². The SMILES string of the molecule is CC1(C)[C@@H]2C[C@H]3OB(C(CCCc4ccccc4)NC(=O)C(COC4CC4)NC(=O)O)O[C@@]3(C)[C@H]1C2. The van der Waals surface area contributed by atoms with E-state index in [1.165, 1.54) is 5.56 Å². The number of carboxylic acid groups (broad SMARTS) is 1. The third-order valence-electron chi connectivity index (χ3n) is 9.09. The molecule has 36 heavy (non-hydrogen) atoms. The van der Waals surface area contributed by atoms with Crippen molar-refractivity contribution < 1.29 is 28.7 Å². The molecule has 4 aliphatic carbocycles. The number of carbonyl (C=O) groups excluding carboxylic acids is 1. The van der Waals surface area contributed by atoms with Crippen LogP contribution in [-0.2, 0) is 25.3 Å². The maximum atomic E-state index is 13.3. The molecule has 5 fully saturated rings. The van der Waals surface area contributed by atoms with Crippen LogP contribution in [0.25, 0.3) is 0 Å². The predicted molar refractivity (Wildman–Crippen MR) is 135 cm³/mol. The molecule has 0 aromatic heterocycles. The fourth-order valence-electron chi connectivity index (χ4n) is 6.60. The average molecular weight is 498 g/mol. The van der Waals surface area contributed by atoms with Gasteiger partial charge in [0.05, 0.1) is 30.4 Å². The van der Waals surface area contributed by atoms with Crippen molar-refractivity contribution in [1.29, 1.82) is 0 Å². The average Bonchev–Trinajstić information content (AvgIpc) is 3.59. The lowest BCUT2D eigenvalue weighted by molar-refractivity contribution is -0.199. The number of carbonyl (C=O) groups is 2. The van der Waals surface area contributed by atoms with Crippen LogP contribution >= 0.6 is 0 Å². The third-order valence-corrected chi connectivity index (χ3v) is 9.09. The van der Waals surface area contributed by atoms with E-state index < -0.39 is 25.2 Å². The summed E-state index contributed by atoms with van der Waals surface area (Å²) in [6.07, 6.45) is 5.29. The Balaban J connectivity index is 1.28. The van der Waals surface area contributed by atoms with Gasteiger partial charge in [0.25, 0.3) is 0 Å². The van der Waals surface area contributed by atoms with Crippen LogP contribution in [0, 0.1) is 17.3 Å². The van der Waals surface area contributed by atoms with Crippen LogP contribution in [0.1, 0.15) is 64.9 Å². The minimum atomic E-state index is -1.25. The van der Waals surface area contributed by atoms with Gasteiger partial charge in [-0.15, -0.1) is 0 Å². The highest BCUT2D eigenvalue weighted by Crippen LogP contribution is 2.65. The summed E-state index contributed by atoms with van der Waals surface area (Å²) in [5.74, 6) is 0.271. The largest absolute Gasteiger partial charge is 0.481 e. The Bertz CT molecular complexity index is 957. The third kappa shape index (κ3) is 5.15. The monoisotopic (exact) mass is 498 g/mol. The first kappa shape index (κ1) is 25.6. The van der Waals surface area contributed by atoms with Crippen molar-refractivity contribution >= 4 is 19.1 Å². The highest BCUT2D eigenvalue weighted by atomic mass is 16.7. The summed E-state index contributed by atoms with van der Waals surface area (Å²) >= 11 is 0. The normalized spacial score (nSPS) is 31.6. The summed E-state index contributed by atoms with van der Waals surface area (Å²) in [4.78, 5) is 24.6. The van der Waals surface area contributed by atoms with E-state index in [4.69, 9.17) is 14.0 Å². The molecule has 3 N–H and O–H groups in total. The first-order valence-corrected chi connectivity index (χ1v) is 13.5. The number of hydrogen-bond acceptors (Lipinski definition) is 5. The lowest BCUT2D eigenvalue weighted by atomic mass is 9.43. The molecule has 196 valence electrons. The summed E-state index contributed by atoms with van der Waals surface area (Å²) in [6, 6.07) is 9.27. The van der Waals surface area contributed by atoms with E-state index in [9.17, 15) is 14.7 Å². The molecule has 0 spiro atoms. The maximum absolute atomic E-state index is 13.3. The number of amides is 2. The molecule has 1 saturated heterocycles. The topological polar surface area (TPSA) is 106 Å². The van der Waals surface area contributed by atoms with Crippen LogP contribution < -0.4 is 10.6 Å². The Labute approximate surface area is 214 Å². The maximum Gasteiger partial charge on any atom is 0.481 e. The Hall–Kier alpha value is -2.10. The van der Waals surface area contributed by atoms with Crippen LogP contribution in [0.3, 0.4) is 0 Å². The van der Waals surface area contributed by atoms with Crippen molar-refractivity contribution in [2.45, 2.75) is 95.5 Å². The molecule has 6 atom stereocenters. The highest BCUT2D eigenvalue weighted by molar-refractivity contribution is 6.47. The molecule has 0 radical (unpaired) electrons. The number of hydrogen-bond donors (Lipinski definition) is 3. The molecule has 5 aliphatic rings.